The van der Waals surface area contributed by atoms with Gasteiger partial charge in [-0.1, -0.05) is 29.8 Å². The number of esters is 1. The van der Waals surface area contributed by atoms with Gasteiger partial charge in [0.05, 0.1) is 5.56 Å². The second-order valence-electron chi connectivity index (χ2n) is 3.71. The first-order chi connectivity index (χ1) is 8.70. The van der Waals surface area contributed by atoms with E-state index in [-0.39, 0.29) is 0 Å². The highest BCUT2D eigenvalue weighted by molar-refractivity contribution is 6.30. The number of carbonyl (C=O) groups excluding carboxylic acids is 1. The normalized spacial score (nSPS) is 10.1. The predicted molar refractivity (Wildman–Crippen MR) is 70.7 cm³/mol. The van der Waals surface area contributed by atoms with Crippen molar-refractivity contribution in [2.75, 3.05) is 0 Å². The molecule has 0 aromatic heterocycles. The number of hydrogen-bond acceptors (Lipinski definition) is 3. The van der Waals surface area contributed by atoms with E-state index in [0.29, 0.717) is 22.9 Å². The highest BCUT2D eigenvalue weighted by atomic mass is 35.5. The largest absolute Gasteiger partial charge is 0.423 e. The first-order valence-electron chi connectivity index (χ1n) is 5.46. The second kappa shape index (κ2) is 5.67. The maximum atomic E-state index is 11.9. The van der Waals surface area contributed by atoms with Crippen LogP contribution in [0.5, 0.6) is 5.75 Å². The van der Waals surface area contributed by atoms with Gasteiger partial charge in [-0.05, 0) is 30.3 Å². The summed E-state index contributed by atoms with van der Waals surface area (Å²) in [5.41, 5.74) is 6.82. The molecular formula is C14H12ClNO2. The molecule has 0 spiro atoms. The van der Waals surface area contributed by atoms with Crippen LogP contribution in [0.2, 0.25) is 5.02 Å². The van der Waals surface area contributed by atoms with E-state index in [1.54, 1.807) is 36.4 Å². The lowest BCUT2D eigenvalue weighted by atomic mass is 10.2. The van der Waals surface area contributed by atoms with Gasteiger partial charge in [0.25, 0.3) is 0 Å². The first kappa shape index (κ1) is 12.6. The van der Waals surface area contributed by atoms with Crippen molar-refractivity contribution in [2.45, 2.75) is 6.54 Å². The minimum absolute atomic E-state index is 0.323. The summed E-state index contributed by atoms with van der Waals surface area (Å²) in [4.78, 5) is 11.9. The van der Waals surface area contributed by atoms with Gasteiger partial charge in [0.1, 0.15) is 5.75 Å². The summed E-state index contributed by atoms with van der Waals surface area (Å²) in [7, 11) is 0. The Labute approximate surface area is 110 Å². The Kier molecular flexibility index (Phi) is 3.97. The highest BCUT2D eigenvalue weighted by Gasteiger charge is 2.10. The Bertz CT molecular complexity index is 552. The summed E-state index contributed by atoms with van der Waals surface area (Å²) in [6.45, 7) is 0.323. The molecule has 0 amide bonds. The van der Waals surface area contributed by atoms with E-state index in [1.165, 1.54) is 0 Å². The Morgan fingerprint density at radius 2 is 1.78 bits per heavy atom. The van der Waals surface area contributed by atoms with Crippen molar-refractivity contribution in [1.82, 2.24) is 0 Å². The number of benzene rings is 2. The lowest BCUT2D eigenvalue weighted by Gasteiger charge is -2.08. The van der Waals surface area contributed by atoms with E-state index in [4.69, 9.17) is 22.1 Å². The van der Waals surface area contributed by atoms with Gasteiger partial charge in [-0.2, -0.15) is 0 Å². The van der Waals surface area contributed by atoms with Crippen LogP contribution in [0.25, 0.3) is 0 Å². The summed E-state index contributed by atoms with van der Waals surface area (Å²) < 4.78 is 5.30. The molecular weight excluding hydrogens is 250 g/mol. The molecule has 2 aromatic carbocycles. The molecule has 0 radical (unpaired) electrons. The Morgan fingerprint density at radius 1 is 1.11 bits per heavy atom. The van der Waals surface area contributed by atoms with Crippen molar-refractivity contribution >= 4 is 17.6 Å². The third-order valence-corrected chi connectivity index (χ3v) is 2.73. The average molecular weight is 262 g/mol. The number of halogens is 1. The maximum absolute atomic E-state index is 11.9. The van der Waals surface area contributed by atoms with Gasteiger partial charge in [-0.25, -0.2) is 4.79 Å². The topological polar surface area (TPSA) is 52.3 Å². The van der Waals surface area contributed by atoms with E-state index in [9.17, 15) is 4.79 Å². The smallest absolute Gasteiger partial charge is 0.343 e. The fourth-order valence-electron chi connectivity index (χ4n) is 1.52. The SMILES string of the molecule is NCc1ccccc1OC(=O)c1ccc(Cl)cc1. The molecule has 0 saturated carbocycles. The Balaban J connectivity index is 2.18. The minimum Gasteiger partial charge on any atom is -0.423 e. The van der Waals surface area contributed by atoms with Crippen LogP contribution in [0.15, 0.2) is 48.5 Å². The van der Waals surface area contributed by atoms with Crippen LogP contribution in [-0.4, -0.2) is 5.97 Å². The van der Waals surface area contributed by atoms with Crippen LogP contribution in [0, 0.1) is 0 Å². The summed E-state index contributed by atoms with van der Waals surface area (Å²) in [6, 6.07) is 13.7. The first-order valence-corrected chi connectivity index (χ1v) is 5.84. The van der Waals surface area contributed by atoms with Gasteiger partial charge in [0, 0.05) is 17.1 Å². The molecule has 0 aliphatic carbocycles. The third kappa shape index (κ3) is 2.88. The summed E-state index contributed by atoms with van der Waals surface area (Å²) in [5.74, 6) is 0.0625. The monoisotopic (exact) mass is 261 g/mol. The van der Waals surface area contributed by atoms with E-state index >= 15 is 0 Å². The maximum Gasteiger partial charge on any atom is 0.343 e. The number of para-hydroxylation sites is 1. The molecule has 0 heterocycles. The van der Waals surface area contributed by atoms with Crippen LogP contribution < -0.4 is 10.5 Å². The van der Waals surface area contributed by atoms with E-state index in [2.05, 4.69) is 0 Å². The van der Waals surface area contributed by atoms with Gasteiger partial charge in [0.2, 0.25) is 0 Å². The molecule has 0 saturated heterocycles. The fourth-order valence-corrected chi connectivity index (χ4v) is 1.64. The molecule has 0 atom stereocenters. The van der Waals surface area contributed by atoms with Crippen molar-refractivity contribution in [2.24, 2.45) is 5.73 Å². The van der Waals surface area contributed by atoms with Crippen molar-refractivity contribution in [3.8, 4) is 5.75 Å². The molecule has 0 bridgehead atoms. The predicted octanol–water partition coefficient (Wildman–Crippen LogP) is 3.02. The molecule has 0 aliphatic rings. The van der Waals surface area contributed by atoms with Crippen molar-refractivity contribution in [1.29, 1.82) is 0 Å². The van der Waals surface area contributed by atoms with Gasteiger partial charge in [-0.3, -0.25) is 0 Å². The van der Waals surface area contributed by atoms with Crippen LogP contribution in [0.4, 0.5) is 0 Å². The van der Waals surface area contributed by atoms with Crippen LogP contribution in [-0.2, 0) is 6.54 Å². The van der Waals surface area contributed by atoms with E-state index in [0.717, 1.165) is 5.56 Å². The quantitative estimate of drug-likeness (QED) is 0.683. The molecule has 92 valence electrons. The van der Waals surface area contributed by atoms with E-state index in [1.807, 2.05) is 12.1 Å². The van der Waals surface area contributed by atoms with Crippen LogP contribution in [0.3, 0.4) is 0 Å². The van der Waals surface area contributed by atoms with Crippen molar-refractivity contribution in [3.63, 3.8) is 0 Å². The summed E-state index contributed by atoms with van der Waals surface area (Å²) >= 11 is 5.76. The lowest BCUT2D eigenvalue weighted by molar-refractivity contribution is 0.0733. The molecule has 0 fully saturated rings. The number of hydrogen-bond donors (Lipinski definition) is 1. The van der Waals surface area contributed by atoms with Gasteiger partial charge in [0.15, 0.2) is 0 Å². The number of ether oxygens (including phenoxy) is 1. The standard InChI is InChI=1S/C14H12ClNO2/c15-12-7-5-10(6-8-12)14(17)18-13-4-2-1-3-11(13)9-16/h1-8H,9,16H2. The van der Waals surface area contributed by atoms with Crippen LogP contribution in [0.1, 0.15) is 15.9 Å². The van der Waals surface area contributed by atoms with Crippen molar-refractivity contribution < 1.29 is 9.53 Å². The molecule has 2 rings (SSSR count). The van der Waals surface area contributed by atoms with Crippen molar-refractivity contribution in [3.05, 3.63) is 64.7 Å². The van der Waals surface area contributed by atoms with E-state index < -0.39 is 5.97 Å². The molecule has 4 heteroatoms. The zero-order valence-corrected chi connectivity index (χ0v) is 10.4. The van der Waals surface area contributed by atoms with Gasteiger partial charge >= 0.3 is 5.97 Å². The Hall–Kier alpha value is -1.84. The second-order valence-corrected chi connectivity index (χ2v) is 4.14. The summed E-state index contributed by atoms with van der Waals surface area (Å²) in [6.07, 6.45) is 0. The number of carbonyl (C=O) groups is 1. The molecule has 0 aliphatic heterocycles. The molecule has 2 N–H and O–H groups in total. The molecule has 18 heavy (non-hydrogen) atoms. The highest BCUT2D eigenvalue weighted by Crippen LogP contribution is 2.19. The number of nitrogens with two attached hydrogens (primary N) is 1. The molecule has 3 nitrogen and oxygen atoms in total. The fraction of sp³-hybridized carbons (Fsp3) is 0.0714. The molecule has 2 aromatic rings. The average Bonchev–Trinajstić information content (AvgIpc) is 2.40. The van der Waals surface area contributed by atoms with Crippen LogP contribution >= 0.6 is 11.6 Å². The van der Waals surface area contributed by atoms with Gasteiger partial charge < -0.3 is 10.5 Å². The zero-order chi connectivity index (χ0) is 13.0. The zero-order valence-electron chi connectivity index (χ0n) is 9.60. The minimum atomic E-state index is -0.424. The number of rotatable bonds is 3. The molecule has 0 unspecified atom stereocenters. The summed E-state index contributed by atoms with van der Waals surface area (Å²) in [5, 5.41) is 0.578. The lowest BCUT2D eigenvalue weighted by Crippen LogP contribution is -2.10. The Morgan fingerprint density at radius 3 is 2.44 bits per heavy atom. The third-order valence-electron chi connectivity index (χ3n) is 2.48. The van der Waals surface area contributed by atoms with Gasteiger partial charge in [-0.15, -0.1) is 0 Å².